The zero-order valence-corrected chi connectivity index (χ0v) is 12.7. The van der Waals surface area contributed by atoms with Gasteiger partial charge in [0.2, 0.25) is 0 Å². The number of benzene rings is 1. The predicted octanol–water partition coefficient (Wildman–Crippen LogP) is 3.49. The van der Waals surface area contributed by atoms with Crippen molar-refractivity contribution in [2.75, 3.05) is 12.3 Å². The van der Waals surface area contributed by atoms with Crippen LogP contribution in [0.5, 0.6) is 0 Å². The molecule has 20 heavy (non-hydrogen) atoms. The third kappa shape index (κ3) is 2.30. The number of halogens is 1. The van der Waals surface area contributed by atoms with Gasteiger partial charge in [-0.15, -0.1) is 11.3 Å². The topological polar surface area (TPSA) is 46.3 Å². The lowest BCUT2D eigenvalue weighted by Crippen LogP contribution is -2.35. The molecule has 2 heterocycles. The van der Waals surface area contributed by atoms with E-state index in [4.69, 9.17) is 17.3 Å². The number of carbonyl (C=O) groups is 1. The number of nitrogen functional groups attached to an aromatic ring is 1. The lowest BCUT2D eigenvalue weighted by Gasteiger charge is -2.28. The minimum atomic E-state index is 0.0150. The van der Waals surface area contributed by atoms with Gasteiger partial charge in [-0.05, 0) is 47.5 Å². The zero-order valence-electron chi connectivity index (χ0n) is 11.1. The fourth-order valence-electron chi connectivity index (χ4n) is 2.47. The van der Waals surface area contributed by atoms with Gasteiger partial charge in [0.25, 0.3) is 5.91 Å². The first-order valence-corrected chi connectivity index (χ1v) is 7.72. The summed E-state index contributed by atoms with van der Waals surface area (Å²) in [6, 6.07) is 5.92. The van der Waals surface area contributed by atoms with Gasteiger partial charge in [0.1, 0.15) is 4.88 Å². The minimum absolute atomic E-state index is 0.0150. The summed E-state index contributed by atoms with van der Waals surface area (Å²) in [5, 5.41) is 2.50. The van der Waals surface area contributed by atoms with E-state index in [1.54, 1.807) is 0 Å². The van der Waals surface area contributed by atoms with Crippen LogP contribution < -0.4 is 5.73 Å². The summed E-state index contributed by atoms with van der Waals surface area (Å²) in [6.07, 6.45) is 0.864. The molecule has 2 N–H and O–H groups in total. The van der Waals surface area contributed by atoms with Crippen LogP contribution in [0.3, 0.4) is 0 Å². The van der Waals surface area contributed by atoms with Crippen molar-refractivity contribution in [3.8, 4) is 0 Å². The molecule has 0 fully saturated rings. The van der Waals surface area contributed by atoms with Crippen LogP contribution in [0.4, 0.5) is 5.69 Å². The molecule has 1 aliphatic heterocycles. The van der Waals surface area contributed by atoms with Crippen LogP contribution in [-0.4, -0.2) is 17.4 Å². The molecule has 0 bridgehead atoms. The molecule has 1 aliphatic rings. The van der Waals surface area contributed by atoms with E-state index < -0.39 is 0 Å². The molecule has 0 atom stereocenters. The molecule has 0 saturated heterocycles. The van der Waals surface area contributed by atoms with Gasteiger partial charge >= 0.3 is 0 Å². The normalized spacial score (nSPS) is 14.2. The van der Waals surface area contributed by atoms with Gasteiger partial charge in [-0.3, -0.25) is 4.79 Å². The number of carbonyl (C=O) groups excluding carboxylic acids is 1. The maximum Gasteiger partial charge on any atom is 0.265 e. The molecule has 104 valence electrons. The first kappa shape index (κ1) is 13.5. The number of anilines is 1. The Balaban J connectivity index is 1.86. The highest BCUT2D eigenvalue weighted by atomic mass is 35.5. The second-order valence-electron chi connectivity index (χ2n) is 5.07. The maximum atomic E-state index is 12.5. The van der Waals surface area contributed by atoms with Gasteiger partial charge in [0.05, 0.1) is 5.02 Å². The van der Waals surface area contributed by atoms with Gasteiger partial charge in [-0.2, -0.15) is 0 Å². The SMILES string of the molecule is Cc1csc(C(=O)N2CCc3ccc(N)cc3C2)c1Cl. The lowest BCUT2D eigenvalue weighted by molar-refractivity contribution is 0.0740. The molecule has 1 aromatic carbocycles. The number of hydrogen-bond donors (Lipinski definition) is 1. The van der Waals surface area contributed by atoms with Crippen LogP contribution in [0, 0.1) is 6.92 Å². The van der Waals surface area contributed by atoms with Gasteiger partial charge in [0.15, 0.2) is 0 Å². The first-order chi connectivity index (χ1) is 9.56. The monoisotopic (exact) mass is 306 g/mol. The summed E-state index contributed by atoms with van der Waals surface area (Å²) in [4.78, 5) is 15.0. The van der Waals surface area contributed by atoms with Crippen molar-refractivity contribution in [3.63, 3.8) is 0 Å². The number of amides is 1. The van der Waals surface area contributed by atoms with Crippen molar-refractivity contribution in [1.29, 1.82) is 0 Å². The Morgan fingerprint density at radius 1 is 1.40 bits per heavy atom. The Morgan fingerprint density at radius 2 is 2.20 bits per heavy atom. The van der Waals surface area contributed by atoms with E-state index in [1.165, 1.54) is 16.9 Å². The van der Waals surface area contributed by atoms with Crippen molar-refractivity contribution in [3.05, 3.63) is 50.2 Å². The van der Waals surface area contributed by atoms with Crippen molar-refractivity contribution in [2.45, 2.75) is 19.9 Å². The summed E-state index contributed by atoms with van der Waals surface area (Å²) in [5.74, 6) is 0.0150. The summed E-state index contributed by atoms with van der Waals surface area (Å²) < 4.78 is 0. The van der Waals surface area contributed by atoms with E-state index >= 15 is 0 Å². The number of hydrogen-bond acceptors (Lipinski definition) is 3. The highest BCUT2D eigenvalue weighted by Crippen LogP contribution is 2.30. The molecule has 2 aromatic rings. The predicted molar refractivity (Wildman–Crippen MR) is 83.4 cm³/mol. The third-order valence-corrected chi connectivity index (χ3v) is 5.31. The van der Waals surface area contributed by atoms with Crippen molar-refractivity contribution in [1.82, 2.24) is 4.90 Å². The first-order valence-electron chi connectivity index (χ1n) is 6.46. The number of thiophene rings is 1. The van der Waals surface area contributed by atoms with Gasteiger partial charge in [-0.1, -0.05) is 17.7 Å². The molecule has 0 saturated carbocycles. The van der Waals surface area contributed by atoms with Crippen molar-refractivity contribution < 1.29 is 4.79 Å². The average Bonchev–Trinajstić information content (AvgIpc) is 2.77. The Bertz CT molecular complexity index is 681. The molecule has 5 heteroatoms. The average molecular weight is 307 g/mol. The highest BCUT2D eigenvalue weighted by Gasteiger charge is 2.25. The number of nitrogens with zero attached hydrogens (tertiary/aromatic N) is 1. The Hall–Kier alpha value is -1.52. The van der Waals surface area contributed by atoms with Crippen LogP contribution in [0.15, 0.2) is 23.6 Å². The zero-order chi connectivity index (χ0) is 14.3. The van der Waals surface area contributed by atoms with Crippen molar-refractivity contribution in [2.24, 2.45) is 0 Å². The van der Waals surface area contributed by atoms with Crippen LogP contribution in [-0.2, 0) is 13.0 Å². The van der Waals surface area contributed by atoms with Gasteiger partial charge in [0, 0.05) is 18.8 Å². The molecule has 1 amide bonds. The Morgan fingerprint density at radius 3 is 2.90 bits per heavy atom. The molecule has 0 spiro atoms. The molecular weight excluding hydrogens is 292 g/mol. The Labute approximate surface area is 127 Å². The lowest BCUT2D eigenvalue weighted by atomic mass is 9.99. The summed E-state index contributed by atoms with van der Waals surface area (Å²) in [5.41, 5.74) is 9.93. The summed E-state index contributed by atoms with van der Waals surface area (Å²) >= 11 is 7.61. The number of aryl methyl sites for hydroxylation is 1. The maximum absolute atomic E-state index is 12.5. The fourth-order valence-corrected chi connectivity index (χ4v) is 3.71. The summed E-state index contributed by atoms with van der Waals surface area (Å²) in [7, 11) is 0. The van der Waals surface area contributed by atoms with Crippen LogP contribution in [0.1, 0.15) is 26.4 Å². The minimum Gasteiger partial charge on any atom is -0.399 e. The molecule has 0 radical (unpaired) electrons. The van der Waals surface area contributed by atoms with Gasteiger partial charge < -0.3 is 10.6 Å². The molecule has 0 unspecified atom stereocenters. The van der Waals surface area contributed by atoms with Crippen LogP contribution >= 0.6 is 22.9 Å². The van der Waals surface area contributed by atoms with Crippen molar-refractivity contribution >= 4 is 34.5 Å². The molecule has 3 rings (SSSR count). The van der Waals surface area contributed by atoms with E-state index in [9.17, 15) is 4.79 Å². The van der Waals surface area contributed by atoms with Crippen LogP contribution in [0.25, 0.3) is 0 Å². The van der Waals surface area contributed by atoms with E-state index in [1.807, 2.05) is 29.3 Å². The largest absolute Gasteiger partial charge is 0.399 e. The number of fused-ring (bicyclic) bond motifs is 1. The molecular formula is C15H15ClN2OS. The number of nitrogens with two attached hydrogens (primary N) is 1. The third-order valence-electron chi connectivity index (χ3n) is 3.62. The molecule has 3 nitrogen and oxygen atoms in total. The highest BCUT2D eigenvalue weighted by molar-refractivity contribution is 7.13. The molecule has 0 aliphatic carbocycles. The van der Waals surface area contributed by atoms with Gasteiger partial charge in [-0.25, -0.2) is 0 Å². The summed E-state index contributed by atoms with van der Waals surface area (Å²) in [6.45, 7) is 3.25. The standard InChI is InChI=1S/C15H15ClN2OS/c1-9-8-20-14(13(9)16)15(19)18-5-4-10-2-3-12(17)6-11(10)7-18/h2-3,6,8H,4-5,7,17H2,1H3. The van der Waals surface area contributed by atoms with E-state index in [0.29, 0.717) is 16.4 Å². The van der Waals surface area contributed by atoms with E-state index in [-0.39, 0.29) is 5.91 Å². The second kappa shape index (κ2) is 5.11. The number of rotatable bonds is 1. The van der Waals surface area contributed by atoms with Crippen LogP contribution in [0.2, 0.25) is 5.02 Å². The quantitative estimate of drug-likeness (QED) is 0.820. The second-order valence-corrected chi connectivity index (χ2v) is 6.32. The molecule has 1 aromatic heterocycles. The Kier molecular flexibility index (Phi) is 3.44. The van der Waals surface area contributed by atoms with E-state index in [2.05, 4.69) is 6.07 Å². The fraction of sp³-hybridized carbons (Fsp3) is 0.267. The smallest absolute Gasteiger partial charge is 0.265 e. The van der Waals surface area contributed by atoms with E-state index in [0.717, 1.165) is 29.8 Å².